The molecule has 0 saturated heterocycles. The highest BCUT2D eigenvalue weighted by Crippen LogP contribution is 2.33. The number of methoxy groups -OCH3 is 3. The molecule has 0 aromatic heterocycles. The molecule has 0 radical (unpaired) electrons. The van der Waals surface area contributed by atoms with Crippen molar-refractivity contribution in [3.8, 4) is 46.0 Å². The van der Waals surface area contributed by atoms with Gasteiger partial charge >= 0.3 is 44.0 Å². The molecule has 6 aromatic carbocycles. The molecule has 0 N–H and O–H groups in total. The summed E-state index contributed by atoms with van der Waals surface area (Å²) in [5.41, 5.74) is 5.55. The number of benzene rings is 6. The summed E-state index contributed by atoms with van der Waals surface area (Å²) in [5.74, 6) is 6.59. The molecule has 1 aliphatic rings. The molecule has 30 heteroatoms. The van der Waals surface area contributed by atoms with E-state index in [0.29, 0.717) is 143 Å². The Labute approximate surface area is 704 Å². The van der Waals surface area contributed by atoms with Crippen molar-refractivity contribution >= 4 is 59.0 Å². The number of ether oxygens (including phenoxy) is 8. The van der Waals surface area contributed by atoms with Crippen LogP contribution in [0, 0.1) is 0 Å². The van der Waals surface area contributed by atoms with Crippen LogP contribution in [0.1, 0.15) is 166 Å². The van der Waals surface area contributed by atoms with Crippen molar-refractivity contribution in [3.05, 3.63) is 174 Å². The average molecular weight is 1730 g/mol. The van der Waals surface area contributed by atoms with Gasteiger partial charge in [-0.3, -0.25) is 0 Å². The molecular weight excluding hydrogens is 1590 g/mol. The Hall–Kier alpha value is -5.88. The number of hydrogen-bond acceptors (Lipinski definition) is 24. The van der Waals surface area contributed by atoms with Crippen LogP contribution in [0.15, 0.2) is 146 Å². The van der Waals surface area contributed by atoms with Gasteiger partial charge in [0, 0.05) is 141 Å². The van der Waals surface area contributed by atoms with Crippen LogP contribution in [0.25, 0.3) is 0 Å². The molecule has 7 rings (SSSR count). The van der Waals surface area contributed by atoms with E-state index < -0.39 is 53.8 Å². The third kappa shape index (κ3) is 40.9. The van der Waals surface area contributed by atoms with Crippen LogP contribution in [0.4, 0.5) is 0 Å². The van der Waals surface area contributed by atoms with Gasteiger partial charge in [0.05, 0.1) is 34.2 Å². The standard InChI is InChI=1S/C17H30O4Si.C15H24O5Si.C15H26O4Si.C14H24O4Si.C14H22O4Si.C11H18O3Si/c1-7-18-22(19-8-2,20-9-3)14-15-10-12-16(13-11-15)21-17(4,5)6;1-4-18-21(19-5-2,20-6-3)12-13-7-8-14-15(11-13)17-10-9-16-14;1-5-16-15-11-9-14(10-12-15)13-20(17-6-2,18-7-3)19-8-4;1-5-16-19(17-6-2,18-7-3)12-13-8-10-14(15-4)11-9-13;1-5-15-13-9-11-14(12-10-13)19(16-6-2,17-7-3)18-8-4;1-4-14-15-8-9-5-10(12-2)7-11(6-9)13-3/h10-13H,7-9,14H2,1-6H3;7-8,11H,4-6,9-10,12H2,1-3H3;9-12H,5-8,13H2,1-4H3;8-11H,5-7,12H2,1-4H3;5,9-12H,1,6-8H2,2-4H3;5-7H,4,8,15H2,1-3H3. The summed E-state index contributed by atoms with van der Waals surface area (Å²) in [7, 11) is -8.79. The first kappa shape index (κ1) is 106. The monoisotopic (exact) mass is 1730 g/mol. The second-order valence-corrected chi connectivity index (χ2v) is 39.9. The Kier molecular flexibility index (Phi) is 56.2. The lowest BCUT2D eigenvalue weighted by atomic mass is 10.2. The molecule has 24 nitrogen and oxygen atoms in total. The summed E-state index contributed by atoms with van der Waals surface area (Å²) < 4.78 is 137. The van der Waals surface area contributed by atoms with Crippen molar-refractivity contribution < 1.29 is 109 Å². The van der Waals surface area contributed by atoms with Crippen molar-refractivity contribution in [2.75, 3.05) is 147 Å². The Morgan fingerprint density at radius 3 is 0.966 bits per heavy atom. The van der Waals surface area contributed by atoms with E-state index in [1.807, 2.05) is 260 Å². The number of rotatable bonds is 51. The Morgan fingerprint density at radius 2 is 0.647 bits per heavy atom. The zero-order chi connectivity index (χ0) is 86.0. The van der Waals surface area contributed by atoms with Gasteiger partial charge in [-0.15, -0.1) is 0 Å². The van der Waals surface area contributed by atoms with Gasteiger partial charge in [0.2, 0.25) is 0 Å². The van der Waals surface area contributed by atoms with Crippen LogP contribution in [-0.4, -0.2) is 206 Å². The molecule has 0 atom stereocenters. The lowest BCUT2D eigenvalue weighted by molar-refractivity contribution is 0.0695. The van der Waals surface area contributed by atoms with E-state index in [1.54, 1.807) is 21.3 Å². The molecule has 116 heavy (non-hydrogen) atoms. The topological polar surface area (TPSA) is 222 Å². The molecule has 0 fully saturated rings. The van der Waals surface area contributed by atoms with Crippen molar-refractivity contribution in [1.82, 2.24) is 0 Å². The predicted molar refractivity (Wildman–Crippen MR) is 473 cm³/mol. The fourth-order valence-corrected chi connectivity index (χ4v) is 25.6. The smallest absolute Gasteiger partial charge is 0.497 e. The normalized spacial score (nSPS) is 12.1. The minimum atomic E-state index is -2.80. The fourth-order valence-electron chi connectivity index (χ4n) is 11.7. The van der Waals surface area contributed by atoms with Crippen molar-refractivity contribution in [3.63, 3.8) is 0 Å². The van der Waals surface area contributed by atoms with Gasteiger partial charge in [-0.05, 0) is 245 Å². The Bertz CT molecular complexity index is 3330. The maximum atomic E-state index is 5.89. The van der Waals surface area contributed by atoms with Crippen molar-refractivity contribution in [2.24, 2.45) is 0 Å². The van der Waals surface area contributed by atoms with E-state index in [2.05, 4.69) is 18.7 Å². The maximum Gasteiger partial charge on any atom is 0.537 e. The first-order valence-electron chi connectivity index (χ1n) is 41.2. The van der Waals surface area contributed by atoms with Crippen LogP contribution in [0.5, 0.6) is 46.0 Å². The van der Waals surface area contributed by atoms with Crippen molar-refractivity contribution in [1.29, 1.82) is 0 Å². The number of hydrogen-bond donors (Lipinski definition) is 0. The molecule has 0 saturated carbocycles. The molecule has 0 spiro atoms. The van der Waals surface area contributed by atoms with Gasteiger partial charge < -0.3 is 109 Å². The van der Waals surface area contributed by atoms with Crippen LogP contribution in [0.2, 0.25) is 0 Å². The highest BCUT2D eigenvalue weighted by Gasteiger charge is 2.45. The summed E-state index contributed by atoms with van der Waals surface area (Å²) in [6.07, 6.45) is 1.40. The van der Waals surface area contributed by atoms with Crippen LogP contribution < -0.4 is 43.1 Å². The molecule has 0 bridgehead atoms. The summed E-state index contributed by atoms with van der Waals surface area (Å²) in [6, 6.07) is 47.2. The third-order valence-electron chi connectivity index (χ3n) is 16.0. The van der Waals surface area contributed by atoms with E-state index in [4.69, 9.17) is 109 Å². The first-order chi connectivity index (χ1) is 56.0. The van der Waals surface area contributed by atoms with Gasteiger partial charge in [0.15, 0.2) is 21.3 Å². The molecule has 0 aliphatic carbocycles. The lowest BCUT2D eigenvalue weighted by Gasteiger charge is -2.29. The third-order valence-corrected chi connectivity index (χ3v) is 32.6. The van der Waals surface area contributed by atoms with Crippen LogP contribution in [0.3, 0.4) is 0 Å². The predicted octanol–water partition coefficient (Wildman–Crippen LogP) is 16.4. The van der Waals surface area contributed by atoms with Crippen LogP contribution >= 0.6 is 0 Å². The molecule has 1 heterocycles. The van der Waals surface area contributed by atoms with Gasteiger partial charge in [-0.2, -0.15) is 0 Å². The van der Waals surface area contributed by atoms with Crippen molar-refractivity contribution in [2.45, 2.75) is 174 Å². The molecule has 656 valence electrons. The Morgan fingerprint density at radius 1 is 0.328 bits per heavy atom. The minimum Gasteiger partial charge on any atom is -0.497 e. The largest absolute Gasteiger partial charge is 0.537 e. The second kappa shape index (κ2) is 61.4. The minimum absolute atomic E-state index is 0.192. The molecular formula is C86H144O24Si6. The second-order valence-electron chi connectivity index (χ2n) is 25.7. The van der Waals surface area contributed by atoms with E-state index in [0.717, 1.165) is 86.1 Å². The van der Waals surface area contributed by atoms with Gasteiger partial charge in [-0.1, -0.05) is 61.2 Å². The fraction of sp³-hybridized carbons (Fsp3) is 0.558. The highest BCUT2D eigenvalue weighted by molar-refractivity contribution is 6.75. The average Bonchev–Trinajstić information content (AvgIpc) is 0.825. The summed E-state index contributed by atoms with van der Waals surface area (Å²) in [5, 5.41) is 0.939. The summed E-state index contributed by atoms with van der Waals surface area (Å²) >= 11 is 0. The Balaban J connectivity index is 0.000000474. The summed E-state index contributed by atoms with van der Waals surface area (Å²) in [4.78, 5) is 0. The molecule has 6 aromatic rings. The lowest BCUT2D eigenvalue weighted by Crippen LogP contribution is -2.56. The van der Waals surface area contributed by atoms with E-state index in [1.165, 1.54) is 11.8 Å². The van der Waals surface area contributed by atoms with E-state index >= 15 is 0 Å². The molecule has 0 unspecified atom stereocenters. The molecule has 1 aliphatic heterocycles. The zero-order valence-corrected chi connectivity index (χ0v) is 80.9. The first-order valence-corrected chi connectivity index (χ1v) is 52.3. The summed E-state index contributed by atoms with van der Waals surface area (Å²) in [6.45, 7) is 54.5. The maximum absolute atomic E-state index is 5.89. The van der Waals surface area contributed by atoms with Gasteiger partial charge in [-0.25, -0.2) is 0 Å². The number of fused-ring (bicyclic) bond motifs is 1. The van der Waals surface area contributed by atoms with E-state index in [-0.39, 0.29) is 5.60 Å². The van der Waals surface area contributed by atoms with Crippen LogP contribution in [-0.2, 0) is 101 Å². The van der Waals surface area contributed by atoms with E-state index in [9.17, 15) is 0 Å². The highest BCUT2D eigenvalue weighted by atomic mass is 28.4. The quantitative estimate of drug-likeness (QED) is 0.0197. The van der Waals surface area contributed by atoms with Gasteiger partial charge in [0.1, 0.15) is 53.3 Å². The molecule has 0 amide bonds. The van der Waals surface area contributed by atoms with Gasteiger partial charge in [0.25, 0.3) is 0 Å². The SMILES string of the molecule is C=COc1ccc([Si](OCC)(OCC)OCC)cc1.CCO[SiH2]Cc1cc(OC)cc(OC)c1.CCO[Si](Cc1ccc(OC(C)(C)C)cc1)(OCC)OCC.CCO[Si](Cc1ccc(OC)cc1)(OCC)OCC.CCO[Si](Cc1ccc2c(c1)OCCO2)(OCC)OCC.CCOc1ccc(C[Si](OCC)(OCC)OCC)cc1. The zero-order valence-electron chi connectivity index (χ0n) is 74.5.